The Kier molecular flexibility index (Phi) is 4.81. The van der Waals surface area contributed by atoms with Crippen molar-refractivity contribution >= 4 is 0 Å². The molecule has 2 aliphatic carbocycles. The highest BCUT2D eigenvalue weighted by Gasteiger charge is 2.53. The smallest absolute Gasteiger partial charge is 0.115 e. The predicted octanol–water partition coefficient (Wildman–Crippen LogP) is 3.79. The molecule has 0 radical (unpaired) electrons. The zero-order chi connectivity index (χ0) is 17.4. The zero-order valence-corrected chi connectivity index (χ0v) is 16.0. The lowest BCUT2D eigenvalue weighted by atomic mass is 9.52. The Morgan fingerprint density at radius 2 is 2.04 bits per heavy atom. The van der Waals surface area contributed by atoms with E-state index in [-0.39, 0.29) is 0 Å². The lowest BCUT2D eigenvalue weighted by Crippen LogP contribution is -2.61. The molecule has 0 unspecified atom stereocenters. The number of hydrogen-bond donors (Lipinski definition) is 1. The molecule has 2 bridgehead atoms. The van der Waals surface area contributed by atoms with E-state index in [2.05, 4.69) is 35.8 Å². The fourth-order valence-electron chi connectivity index (χ4n) is 6.16. The van der Waals surface area contributed by atoms with Gasteiger partial charge in [-0.25, -0.2) is 0 Å². The summed E-state index contributed by atoms with van der Waals surface area (Å²) >= 11 is 0. The van der Waals surface area contributed by atoms with E-state index in [4.69, 9.17) is 0 Å². The Morgan fingerprint density at radius 1 is 1.20 bits per heavy atom. The van der Waals surface area contributed by atoms with Gasteiger partial charge in [-0.3, -0.25) is 4.90 Å². The first-order chi connectivity index (χ1) is 12.2. The third kappa shape index (κ3) is 2.90. The number of aromatic hydroxyl groups is 1. The largest absolute Gasteiger partial charge is 0.508 e. The van der Waals surface area contributed by atoms with Gasteiger partial charge in [-0.15, -0.1) is 0 Å². The van der Waals surface area contributed by atoms with Crippen LogP contribution in [0.1, 0.15) is 57.1 Å². The number of likely N-dealkylation sites (N-methyl/N-ethyl adjacent to an activating group) is 1. The van der Waals surface area contributed by atoms with Gasteiger partial charge in [0.25, 0.3) is 0 Å². The number of fused-ring (bicyclic) bond motifs is 1. The van der Waals surface area contributed by atoms with Gasteiger partial charge in [0.05, 0.1) is 0 Å². The summed E-state index contributed by atoms with van der Waals surface area (Å²) in [6, 6.07) is 6.92. The average Bonchev–Trinajstić information content (AvgIpc) is 2.64. The molecule has 3 nitrogen and oxygen atoms in total. The Bertz CT molecular complexity index is 612. The summed E-state index contributed by atoms with van der Waals surface area (Å²) < 4.78 is 0. The van der Waals surface area contributed by atoms with Gasteiger partial charge in [0.2, 0.25) is 0 Å². The Labute approximate surface area is 153 Å². The molecule has 25 heavy (non-hydrogen) atoms. The van der Waals surface area contributed by atoms with E-state index < -0.39 is 0 Å². The second kappa shape index (κ2) is 6.92. The summed E-state index contributed by atoms with van der Waals surface area (Å²) in [6.07, 6.45) is 7.91. The normalized spacial score (nSPS) is 31.6. The maximum absolute atomic E-state index is 10.1. The highest BCUT2D eigenvalue weighted by atomic mass is 16.3. The number of nitrogens with zero attached hydrogens (tertiary/aromatic N) is 2. The standard InChI is InChI=1S/C22H34N2O/c1-3-23(4-2)13-14-24-12-11-22-10-6-5-7-19(22)21(24)15-17-8-9-18(25)16-20(17)22/h8-9,16,19,21,25H,3-7,10-15H2,1-2H3/t19-,21-,22+/m0/s1. The average molecular weight is 343 g/mol. The van der Waals surface area contributed by atoms with Crippen molar-refractivity contribution in [2.75, 3.05) is 32.7 Å². The fraction of sp³-hybridized carbons (Fsp3) is 0.727. The molecule has 3 aliphatic rings. The number of likely N-dealkylation sites (tertiary alicyclic amines) is 1. The summed E-state index contributed by atoms with van der Waals surface area (Å²) in [7, 11) is 0. The van der Waals surface area contributed by atoms with Gasteiger partial charge in [0.15, 0.2) is 0 Å². The van der Waals surface area contributed by atoms with Crippen LogP contribution in [-0.4, -0.2) is 53.7 Å². The first-order valence-corrected chi connectivity index (χ1v) is 10.5. The number of piperidine rings is 1. The van der Waals surface area contributed by atoms with E-state index in [1.165, 1.54) is 69.3 Å². The van der Waals surface area contributed by atoms with Gasteiger partial charge in [-0.05, 0) is 74.5 Å². The highest BCUT2D eigenvalue weighted by molar-refractivity contribution is 5.45. The number of phenols is 1. The van der Waals surface area contributed by atoms with Gasteiger partial charge < -0.3 is 10.0 Å². The third-order valence-electron chi connectivity index (χ3n) is 7.53. The van der Waals surface area contributed by atoms with Crippen molar-refractivity contribution in [3.8, 4) is 5.75 Å². The maximum atomic E-state index is 10.1. The Morgan fingerprint density at radius 3 is 2.84 bits per heavy atom. The van der Waals surface area contributed by atoms with Gasteiger partial charge >= 0.3 is 0 Å². The molecule has 0 amide bonds. The molecule has 1 aromatic rings. The van der Waals surface area contributed by atoms with E-state index in [9.17, 15) is 5.11 Å². The van der Waals surface area contributed by atoms with Crippen molar-refractivity contribution in [1.82, 2.24) is 9.80 Å². The molecule has 1 N–H and O–H groups in total. The number of phenolic OH excluding ortho intramolecular Hbond substituents is 1. The number of hydrogen-bond acceptors (Lipinski definition) is 3. The van der Waals surface area contributed by atoms with Gasteiger partial charge in [0, 0.05) is 24.5 Å². The summed E-state index contributed by atoms with van der Waals surface area (Å²) in [5, 5.41) is 10.1. The summed E-state index contributed by atoms with van der Waals surface area (Å²) in [5.74, 6) is 1.25. The van der Waals surface area contributed by atoms with Crippen molar-refractivity contribution < 1.29 is 5.11 Å². The predicted molar refractivity (Wildman–Crippen MR) is 103 cm³/mol. The lowest BCUT2D eigenvalue weighted by Gasteiger charge is -2.59. The molecular formula is C22H34N2O. The van der Waals surface area contributed by atoms with E-state index >= 15 is 0 Å². The van der Waals surface area contributed by atoms with Crippen molar-refractivity contribution in [3.05, 3.63) is 29.3 Å². The van der Waals surface area contributed by atoms with Crippen LogP contribution in [0.5, 0.6) is 5.75 Å². The van der Waals surface area contributed by atoms with Gasteiger partial charge in [-0.2, -0.15) is 0 Å². The molecule has 1 aromatic carbocycles. The molecule has 1 aliphatic heterocycles. The van der Waals surface area contributed by atoms with Crippen molar-refractivity contribution in [1.29, 1.82) is 0 Å². The van der Waals surface area contributed by atoms with Crippen molar-refractivity contribution in [2.24, 2.45) is 5.92 Å². The molecule has 4 rings (SSSR count). The second-order valence-corrected chi connectivity index (χ2v) is 8.43. The zero-order valence-electron chi connectivity index (χ0n) is 16.0. The van der Waals surface area contributed by atoms with Crippen LogP contribution < -0.4 is 0 Å². The topological polar surface area (TPSA) is 26.7 Å². The van der Waals surface area contributed by atoms with Crippen LogP contribution in [0.2, 0.25) is 0 Å². The summed E-state index contributed by atoms with van der Waals surface area (Å²) in [5.41, 5.74) is 3.35. The maximum Gasteiger partial charge on any atom is 0.115 e. The Balaban J connectivity index is 1.62. The van der Waals surface area contributed by atoms with Crippen LogP contribution in [0.3, 0.4) is 0 Å². The molecular weight excluding hydrogens is 308 g/mol. The Hall–Kier alpha value is -1.06. The molecule has 3 atom stereocenters. The second-order valence-electron chi connectivity index (χ2n) is 8.43. The molecule has 0 spiro atoms. The van der Waals surface area contributed by atoms with Crippen molar-refractivity contribution in [2.45, 2.75) is 63.8 Å². The van der Waals surface area contributed by atoms with Crippen LogP contribution in [0, 0.1) is 5.92 Å². The van der Waals surface area contributed by atoms with Crippen LogP contribution in [0.25, 0.3) is 0 Å². The highest BCUT2D eigenvalue weighted by Crippen LogP contribution is 2.56. The van der Waals surface area contributed by atoms with Crippen LogP contribution in [0.4, 0.5) is 0 Å². The van der Waals surface area contributed by atoms with E-state index in [1.54, 1.807) is 0 Å². The third-order valence-corrected chi connectivity index (χ3v) is 7.53. The first-order valence-electron chi connectivity index (χ1n) is 10.5. The van der Waals surface area contributed by atoms with E-state index in [1.807, 2.05) is 6.07 Å². The summed E-state index contributed by atoms with van der Waals surface area (Å²) in [6.45, 7) is 10.5. The van der Waals surface area contributed by atoms with Gasteiger partial charge in [0.1, 0.15) is 5.75 Å². The van der Waals surface area contributed by atoms with Crippen LogP contribution in [-0.2, 0) is 11.8 Å². The molecule has 2 fully saturated rings. The molecule has 0 aromatic heterocycles. The molecule has 138 valence electrons. The summed E-state index contributed by atoms with van der Waals surface area (Å²) in [4.78, 5) is 5.36. The number of rotatable bonds is 5. The van der Waals surface area contributed by atoms with Crippen LogP contribution >= 0.6 is 0 Å². The quantitative estimate of drug-likeness (QED) is 0.882. The minimum Gasteiger partial charge on any atom is -0.508 e. The monoisotopic (exact) mass is 342 g/mol. The molecule has 3 heteroatoms. The van der Waals surface area contributed by atoms with E-state index in [0.29, 0.717) is 17.2 Å². The fourth-order valence-corrected chi connectivity index (χ4v) is 6.16. The minimum absolute atomic E-state index is 0.348. The molecule has 1 heterocycles. The SMILES string of the molecule is CCN(CC)CCN1CC[C@]23CCCC[C@H]2[C@@H]1Cc1ccc(O)cc13. The van der Waals surface area contributed by atoms with Gasteiger partial charge in [-0.1, -0.05) is 32.8 Å². The molecule has 1 saturated carbocycles. The minimum atomic E-state index is 0.348. The molecule has 1 saturated heterocycles. The lowest BCUT2D eigenvalue weighted by molar-refractivity contribution is -0.0146. The number of benzene rings is 1. The van der Waals surface area contributed by atoms with E-state index in [0.717, 1.165) is 19.0 Å². The van der Waals surface area contributed by atoms with Crippen molar-refractivity contribution in [3.63, 3.8) is 0 Å². The first kappa shape index (κ1) is 17.4. The van der Waals surface area contributed by atoms with Crippen LogP contribution in [0.15, 0.2) is 18.2 Å².